The predicted octanol–water partition coefficient (Wildman–Crippen LogP) is 4.65. The standard InChI is InChI=1S/C21H24FNO2/c1-2-16-3-7-19(8-4-16)23-13-11-18(12-14-23)21(24)17-5-9-20(10-6-17)25-15-22/h3-10,18H,2,11-15H2,1H3. The molecule has 0 aliphatic carbocycles. The molecule has 1 aliphatic rings. The number of piperidine rings is 1. The molecule has 2 aromatic carbocycles. The first-order valence-corrected chi connectivity index (χ1v) is 8.88. The van der Waals surface area contributed by atoms with Gasteiger partial charge in [0.2, 0.25) is 6.86 Å². The third kappa shape index (κ3) is 4.19. The molecule has 0 bridgehead atoms. The zero-order valence-electron chi connectivity index (χ0n) is 14.6. The molecule has 0 N–H and O–H groups in total. The van der Waals surface area contributed by atoms with Crippen molar-refractivity contribution in [2.45, 2.75) is 26.2 Å². The van der Waals surface area contributed by atoms with Gasteiger partial charge in [-0.25, -0.2) is 4.39 Å². The van der Waals surface area contributed by atoms with Gasteiger partial charge in [0, 0.05) is 30.3 Å². The van der Waals surface area contributed by atoms with E-state index >= 15 is 0 Å². The first-order chi connectivity index (χ1) is 12.2. The van der Waals surface area contributed by atoms with Crippen LogP contribution in [0.5, 0.6) is 5.75 Å². The molecule has 0 unspecified atom stereocenters. The lowest BCUT2D eigenvalue weighted by Gasteiger charge is -2.33. The fourth-order valence-electron chi connectivity index (χ4n) is 3.36. The van der Waals surface area contributed by atoms with E-state index in [-0.39, 0.29) is 11.7 Å². The summed E-state index contributed by atoms with van der Waals surface area (Å²) in [5, 5.41) is 0. The van der Waals surface area contributed by atoms with Gasteiger partial charge in [0.25, 0.3) is 0 Å². The largest absolute Gasteiger partial charge is 0.463 e. The molecule has 1 aliphatic heterocycles. The SMILES string of the molecule is CCc1ccc(N2CCC(C(=O)c3ccc(OCF)cc3)CC2)cc1. The van der Waals surface area contributed by atoms with Gasteiger partial charge in [-0.2, -0.15) is 0 Å². The number of hydrogen-bond acceptors (Lipinski definition) is 3. The number of hydrogen-bond donors (Lipinski definition) is 0. The lowest BCUT2D eigenvalue weighted by molar-refractivity contribution is 0.0900. The van der Waals surface area contributed by atoms with Gasteiger partial charge in [-0.15, -0.1) is 0 Å². The van der Waals surface area contributed by atoms with Crippen LogP contribution in [0, 0.1) is 5.92 Å². The van der Waals surface area contributed by atoms with Crippen molar-refractivity contribution in [2.75, 3.05) is 24.9 Å². The van der Waals surface area contributed by atoms with E-state index in [9.17, 15) is 9.18 Å². The number of Topliss-reactive ketones (excluding diaryl/α,β-unsaturated/α-hetero) is 1. The minimum absolute atomic E-state index is 0.0547. The van der Waals surface area contributed by atoms with Gasteiger partial charge in [-0.05, 0) is 61.2 Å². The van der Waals surface area contributed by atoms with Crippen LogP contribution in [0.1, 0.15) is 35.7 Å². The van der Waals surface area contributed by atoms with Gasteiger partial charge in [-0.3, -0.25) is 4.79 Å². The van der Waals surface area contributed by atoms with Crippen molar-refractivity contribution in [1.29, 1.82) is 0 Å². The first kappa shape index (κ1) is 17.5. The summed E-state index contributed by atoms with van der Waals surface area (Å²) in [6.45, 7) is 3.09. The smallest absolute Gasteiger partial charge is 0.228 e. The molecule has 132 valence electrons. The summed E-state index contributed by atoms with van der Waals surface area (Å²) in [6, 6.07) is 15.4. The van der Waals surface area contributed by atoms with E-state index in [1.54, 1.807) is 24.3 Å². The Morgan fingerprint density at radius 3 is 2.28 bits per heavy atom. The number of halogens is 1. The fourth-order valence-corrected chi connectivity index (χ4v) is 3.36. The lowest BCUT2D eigenvalue weighted by Crippen LogP contribution is -2.36. The molecule has 0 spiro atoms. The zero-order valence-corrected chi connectivity index (χ0v) is 14.6. The van der Waals surface area contributed by atoms with Gasteiger partial charge in [0.05, 0.1) is 0 Å². The van der Waals surface area contributed by atoms with E-state index in [4.69, 9.17) is 4.74 Å². The minimum atomic E-state index is -0.856. The van der Waals surface area contributed by atoms with E-state index in [1.165, 1.54) is 11.3 Å². The number of benzene rings is 2. The Bertz CT molecular complexity index is 689. The van der Waals surface area contributed by atoms with Crippen LogP contribution in [0.3, 0.4) is 0 Å². The number of aryl methyl sites for hydroxylation is 1. The minimum Gasteiger partial charge on any atom is -0.463 e. The molecule has 0 aromatic heterocycles. The van der Waals surface area contributed by atoms with Gasteiger partial charge in [-0.1, -0.05) is 19.1 Å². The Kier molecular flexibility index (Phi) is 5.69. The second-order valence-electron chi connectivity index (χ2n) is 6.42. The number of carbonyl (C=O) groups excluding carboxylic acids is 1. The van der Waals surface area contributed by atoms with Crippen molar-refractivity contribution in [3.05, 3.63) is 59.7 Å². The molecule has 3 nitrogen and oxygen atoms in total. The van der Waals surface area contributed by atoms with Crippen LogP contribution >= 0.6 is 0 Å². The van der Waals surface area contributed by atoms with E-state index in [0.29, 0.717) is 11.3 Å². The average Bonchev–Trinajstić information content (AvgIpc) is 2.68. The summed E-state index contributed by atoms with van der Waals surface area (Å²) in [4.78, 5) is 15.0. The van der Waals surface area contributed by atoms with Crippen molar-refractivity contribution in [3.8, 4) is 5.75 Å². The average molecular weight is 341 g/mol. The number of alkyl halides is 1. The number of anilines is 1. The molecule has 0 atom stereocenters. The molecular weight excluding hydrogens is 317 g/mol. The maximum Gasteiger partial charge on any atom is 0.228 e. The van der Waals surface area contributed by atoms with Crippen LogP contribution in [0.15, 0.2) is 48.5 Å². The number of nitrogens with zero attached hydrogens (tertiary/aromatic N) is 1. The van der Waals surface area contributed by atoms with Gasteiger partial charge >= 0.3 is 0 Å². The van der Waals surface area contributed by atoms with Crippen molar-refractivity contribution in [2.24, 2.45) is 5.92 Å². The van der Waals surface area contributed by atoms with Crippen LogP contribution < -0.4 is 9.64 Å². The second kappa shape index (κ2) is 8.15. The molecule has 4 heteroatoms. The summed E-state index contributed by atoms with van der Waals surface area (Å²) >= 11 is 0. The van der Waals surface area contributed by atoms with Crippen LogP contribution in [-0.2, 0) is 6.42 Å². The third-order valence-corrected chi connectivity index (χ3v) is 4.94. The van der Waals surface area contributed by atoms with E-state index in [1.807, 2.05) is 0 Å². The van der Waals surface area contributed by atoms with E-state index in [2.05, 4.69) is 36.1 Å². The highest BCUT2D eigenvalue weighted by Gasteiger charge is 2.26. The predicted molar refractivity (Wildman–Crippen MR) is 98.1 cm³/mol. The lowest BCUT2D eigenvalue weighted by atomic mass is 9.88. The van der Waals surface area contributed by atoms with Gasteiger partial charge in [0.15, 0.2) is 5.78 Å². The number of carbonyl (C=O) groups is 1. The number of rotatable bonds is 6. The Morgan fingerprint density at radius 1 is 1.08 bits per heavy atom. The topological polar surface area (TPSA) is 29.5 Å². The third-order valence-electron chi connectivity index (χ3n) is 4.94. The van der Waals surface area contributed by atoms with Crippen LogP contribution in [0.4, 0.5) is 10.1 Å². The molecule has 1 fully saturated rings. The van der Waals surface area contributed by atoms with Gasteiger partial charge < -0.3 is 9.64 Å². The van der Waals surface area contributed by atoms with Crippen LogP contribution in [-0.4, -0.2) is 25.7 Å². The Hall–Kier alpha value is -2.36. The van der Waals surface area contributed by atoms with Crippen molar-refractivity contribution in [3.63, 3.8) is 0 Å². The number of ketones is 1. The Balaban J connectivity index is 1.58. The van der Waals surface area contributed by atoms with Crippen LogP contribution in [0.25, 0.3) is 0 Å². The molecule has 1 heterocycles. The van der Waals surface area contributed by atoms with Crippen LogP contribution in [0.2, 0.25) is 0 Å². The van der Waals surface area contributed by atoms with E-state index in [0.717, 1.165) is 32.4 Å². The van der Waals surface area contributed by atoms with E-state index < -0.39 is 6.86 Å². The van der Waals surface area contributed by atoms with Crippen molar-refractivity contribution < 1.29 is 13.9 Å². The monoisotopic (exact) mass is 341 g/mol. The highest BCUT2D eigenvalue weighted by atomic mass is 19.1. The normalized spacial score (nSPS) is 15.2. The number of ether oxygens (including phenoxy) is 1. The highest BCUT2D eigenvalue weighted by Crippen LogP contribution is 2.26. The van der Waals surface area contributed by atoms with Crippen molar-refractivity contribution >= 4 is 11.5 Å². The fraction of sp³-hybridized carbons (Fsp3) is 0.381. The molecule has 25 heavy (non-hydrogen) atoms. The van der Waals surface area contributed by atoms with Gasteiger partial charge in [0.1, 0.15) is 5.75 Å². The first-order valence-electron chi connectivity index (χ1n) is 8.88. The molecule has 0 saturated carbocycles. The molecule has 1 saturated heterocycles. The molecule has 0 radical (unpaired) electrons. The molecule has 3 rings (SSSR count). The Morgan fingerprint density at radius 2 is 1.72 bits per heavy atom. The summed E-state index contributed by atoms with van der Waals surface area (Å²) < 4.78 is 16.9. The maximum absolute atomic E-state index is 12.7. The van der Waals surface area contributed by atoms with Crippen molar-refractivity contribution in [1.82, 2.24) is 0 Å². The highest BCUT2D eigenvalue weighted by molar-refractivity contribution is 5.98. The molecular formula is C21H24FNO2. The quantitative estimate of drug-likeness (QED) is 0.716. The Labute approximate surface area is 148 Å². The summed E-state index contributed by atoms with van der Waals surface area (Å²) in [5.74, 6) is 0.677. The zero-order chi connectivity index (χ0) is 17.6. The molecule has 0 amide bonds. The maximum atomic E-state index is 12.7. The molecule has 2 aromatic rings. The summed E-state index contributed by atoms with van der Waals surface area (Å²) in [5.41, 5.74) is 3.25. The summed E-state index contributed by atoms with van der Waals surface area (Å²) in [7, 11) is 0. The summed E-state index contributed by atoms with van der Waals surface area (Å²) in [6.07, 6.45) is 2.76. The second-order valence-corrected chi connectivity index (χ2v) is 6.42.